The van der Waals surface area contributed by atoms with Crippen LogP contribution in [0, 0.1) is 19.8 Å². The van der Waals surface area contributed by atoms with Crippen LogP contribution >= 0.6 is 0 Å². The standard InChI is InChI=1S/C28H30N6O3/c1-4-37-28(36)20-12-14-22(15-13-20)29-27(35)21-9-8-16-33(17-21)26-25-24(18(2)30-31-26)19(3)34(32-25)23-10-6-5-7-11-23/h5-7,10-15,21H,4,8-9,16-17H2,1-3H3,(H,29,35)/t21-/m1/s1. The number of fused-ring (bicyclic) bond motifs is 1. The van der Waals surface area contributed by atoms with Crippen molar-refractivity contribution in [1.29, 1.82) is 0 Å². The molecule has 4 aromatic rings. The third-order valence-corrected chi connectivity index (χ3v) is 6.74. The Labute approximate surface area is 215 Å². The summed E-state index contributed by atoms with van der Waals surface area (Å²) in [6.07, 6.45) is 1.64. The van der Waals surface area contributed by atoms with Crippen molar-refractivity contribution in [2.75, 3.05) is 29.9 Å². The lowest BCUT2D eigenvalue weighted by molar-refractivity contribution is -0.120. The lowest BCUT2D eigenvalue weighted by Gasteiger charge is -2.32. The van der Waals surface area contributed by atoms with Gasteiger partial charge in [-0.2, -0.15) is 10.2 Å². The van der Waals surface area contributed by atoms with Gasteiger partial charge in [0.25, 0.3) is 0 Å². The van der Waals surface area contributed by atoms with Gasteiger partial charge in [-0.1, -0.05) is 18.2 Å². The highest BCUT2D eigenvalue weighted by atomic mass is 16.5. The number of benzene rings is 2. The second kappa shape index (κ2) is 10.4. The van der Waals surface area contributed by atoms with E-state index >= 15 is 0 Å². The van der Waals surface area contributed by atoms with Crippen LogP contribution in [0.3, 0.4) is 0 Å². The Morgan fingerprint density at radius 3 is 2.54 bits per heavy atom. The zero-order valence-corrected chi connectivity index (χ0v) is 21.3. The van der Waals surface area contributed by atoms with Crippen LogP contribution in [0.4, 0.5) is 11.5 Å². The minimum absolute atomic E-state index is 0.0594. The zero-order chi connectivity index (χ0) is 25.9. The summed E-state index contributed by atoms with van der Waals surface area (Å²) in [4.78, 5) is 27.1. The molecule has 5 rings (SSSR count). The van der Waals surface area contributed by atoms with Crippen LogP contribution in [0.25, 0.3) is 16.6 Å². The monoisotopic (exact) mass is 498 g/mol. The highest BCUT2D eigenvalue weighted by molar-refractivity contribution is 5.95. The normalized spacial score (nSPS) is 15.5. The van der Waals surface area contributed by atoms with Crippen LogP contribution in [0.1, 0.15) is 41.5 Å². The van der Waals surface area contributed by atoms with Crippen molar-refractivity contribution in [3.8, 4) is 5.69 Å². The number of aromatic nitrogens is 4. The molecule has 0 spiro atoms. The second-order valence-electron chi connectivity index (χ2n) is 9.24. The Morgan fingerprint density at radius 2 is 1.81 bits per heavy atom. The number of para-hydroxylation sites is 1. The Kier molecular flexibility index (Phi) is 6.85. The highest BCUT2D eigenvalue weighted by Gasteiger charge is 2.29. The summed E-state index contributed by atoms with van der Waals surface area (Å²) in [6, 6.07) is 16.8. The van der Waals surface area contributed by atoms with Gasteiger partial charge in [0.05, 0.1) is 40.5 Å². The Hall–Kier alpha value is -4.27. The van der Waals surface area contributed by atoms with Gasteiger partial charge >= 0.3 is 5.97 Å². The van der Waals surface area contributed by atoms with Gasteiger partial charge in [-0.25, -0.2) is 9.48 Å². The number of aryl methyl sites for hydroxylation is 2. The maximum absolute atomic E-state index is 13.1. The van der Waals surface area contributed by atoms with Crippen molar-refractivity contribution < 1.29 is 14.3 Å². The Balaban J connectivity index is 1.36. The topological polar surface area (TPSA) is 102 Å². The molecule has 1 saturated heterocycles. The fraction of sp³-hybridized carbons (Fsp3) is 0.321. The molecule has 0 aliphatic carbocycles. The molecule has 1 atom stereocenters. The smallest absolute Gasteiger partial charge is 0.338 e. The van der Waals surface area contributed by atoms with Gasteiger partial charge in [-0.15, -0.1) is 5.10 Å². The summed E-state index contributed by atoms with van der Waals surface area (Å²) in [5, 5.41) is 17.9. The van der Waals surface area contributed by atoms with Gasteiger partial charge in [0.2, 0.25) is 5.91 Å². The molecule has 1 aliphatic rings. The lowest BCUT2D eigenvalue weighted by atomic mass is 9.96. The van der Waals surface area contributed by atoms with E-state index in [0.717, 1.165) is 47.4 Å². The summed E-state index contributed by atoms with van der Waals surface area (Å²) < 4.78 is 6.95. The molecule has 3 heterocycles. The van der Waals surface area contributed by atoms with Crippen molar-refractivity contribution in [2.45, 2.75) is 33.6 Å². The van der Waals surface area contributed by atoms with Gasteiger partial charge in [0, 0.05) is 18.8 Å². The molecule has 0 radical (unpaired) electrons. The number of amides is 1. The van der Waals surface area contributed by atoms with E-state index in [0.29, 0.717) is 30.2 Å². The Morgan fingerprint density at radius 1 is 1.05 bits per heavy atom. The minimum atomic E-state index is -0.376. The van der Waals surface area contributed by atoms with Crippen LogP contribution in [0.2, 0.25) is 0 Å². The summed E-state index contributed by atoms with van der Waals surface area (Å²) in [7, 11) is 0. The highest BCUT2D eigenvalue weighted by Crippen LogP contribution is 2.31. The number of carbonyl (C=O) groups is 2. The van der Waals surface area contributed by atoms with E-state index in [1.54, 1.807) is 31.2 Å². The third-order valence-electron chi connectivity index (χ3n) is 6.74. The van der Waals surface area contributed by atoms with Crippen molar-refractivity contribution >= 4 is 34.3 Å². The van der Waals surface area contributed by atoms with E-state index < -0.39 is 0 Å². The molecule has 1 fully saturated rings. The van der Waals surface area contributed by atoms with E-state index in [9.17, 15) is 9.59 Å². The van der Waals surface area contributed by atoms with Crippen LogP contribution in [-0.4, -0.2) is 51.6 Å². The first kappa shape index (κ1) is 24.4. The molecule has 2 aromatic heterocycles. The van der Waals surface area contributed by atoms with Gasteiger partial charge in [-0.3, -0.25) is 4.79 Å². The summed E-state index contributed by atoms with van der Waals surface area (Å²) >= 11 is 0. The average molecular weight is 499 g/mol. The number of anilines is 2. The van der Waals surface area contributed by atoms with Crippen LogP contribution < -0.4 is 10.2 Å². The van der Waals surface area contributed by atoms with Crippen molar-refractivity contribution in [3.63, 3.8) is 0 Å². The summed E-state index contributed by atoms with van der Waals surface area (Å²) in [6.45, 7) is 7.38. The first-order valence-electron chi connectivity index (χ1n) is 12.6. The minimum Gasteiger partial charge on any atom is -0.462 e. The maximum Gasteiger partial charge on any atom is 0.338 e. The number of nitrogens with zero attached hydrogens (tertiary/aromatic N) is 5. The molecule has 9 heteroatoms. The SMILES string of the molecule is CCOC(=O)c1ccc(NC(=O)[C@@H]2CCCN(c3nnc(C)c4c(C)n(-c5ccccc5)nc34)C2)cc1. The van der Waals surface area contributed by atoms with Crippen LogP contribution in [0.15, 0.2) is 54.6 Å². The quantitative estimate of drug-likeness (QED) is 0.392. The summed E-state index contributed by atoms with van der Waals surface area (Å²) in [5.74, 6) is 0.0540. The van der Waals surface area contributed by atoms with E-state index in [4.69, 9.17) is 9.84 Å². The van der Waals surface area contributed by atoms with E-state index in [2.05, 4.69) is 20.4 Å². The molecule has 0 unspecified atom stereocenters. The molecular formula is C28H30N6O3. The number of ether oxygens (including phenoxy) is 1. The number of piperidine rings is 1. The zero-order valence-electron chi connectivity index (χ0n) is 21.3. The first-order valence-corrected chi connectivity index (χ1v) is 12.6. The van der Waals surface area contributed by atoms with Crippen LogP contribution in [-0.2, 0) is 9.53 Å². The fourth-order valence-electron chi connectivity index (χ4n) is 4.88. The van der Waals surface area contributed by atoms with Crippen molar-refractivity contribution in [3.05, 3.63) is 71.5 Å². The molecule has 2 aromatic carbocycles. The predicted molar refractivity (Wildman–Crippen MR) is 142 cm³/mol. The van der Waals surface area contributed by atoms with E-state index in [-0.39, 0.29) is 17.8 Å². The first-order chi connectivity index (χ1) is 18.0. The number of nitrogens with one attached hydrogen (secondary N) is 1. The molecule has 1 amide bonds. The number of rotatable bonds is 6. The molecule has 37 heavy (non-hydrogen) atoms. The molecule has 190 valence electrons. The van der Waals surface area contributed by atoms with Crippen molar-refractivity contribution in [1.82, 2.24) is 20.0 Å². The molecule has 1 N–H and O–H groups in total. The molecule has 0 saturated carbocycles. The largest absolute Gasteiger partial charge is 0.462 e. The van der Waals surface area contributed by atoms with Gasteiger partial charge in [0.1, 0.15) is 5.52 Å². The van der Waals surface area contributed by atoms with Gasteiger partial charge < -0.3 is 15.0 Å². The molecule has 0 bridgehead atoms. The Bertz CT molecular complexity index is 1430. The molecular weight excluding hydrogens is 468 g/mol. The van der Waals surface area contributed by atoms with Gasteiger partial charge in [-0.05, 0) is 70.0 Å². The second-order valence-corrected chi connectivity index (χ2v) is 9.24. The number of carbonyl (C=O) groups excluding carboxylic acids is 2. The predicted octanol–water partition coefficient (Wildman–Crippen LogP) is 4.46. The molecule has 1 aliphatic heterocycles. The number of hydrogen-bond acceptors (Lipinski definition) is 7. The average Bonchev–Trinajstić information content (AvgIpc) is 3.28. The third kappa shape index (κ3) is 4.89. The van der Waals surface area contributed by atoms with Crippen molar-refractivity contribution in [2.24, 2.45) is 5.92 Å². The number of esters is 1. The molecule has 9 nitrogen and oxygen atoms in total. The lowest BCUT2D eigenvalue weighted by Crippen LogP contribution is -2.41. The van der Waals surface area contributed by atoms with Crippen LogP contribution in [0.5, 0.6) is 0 Å². The van der Waals surface area contributed by atoms with E-state index in [1.165, 1.54) is 0 Å². The summed E-state index contributed by atoms with van der Waals surface area (Å²) in [5.41, 5.74) is 4.71. The fourth-order valence-corrected chi connectivity index (χ4v) is 4.88. The number of hydrogen-bond donors (Lipinski definition) is 1. The van der Waals surface area contributed by atoms with Gasteiger partial charge in [0.15, 0.2) is 5.82 Å². The maximum atomic E-state index is 13.1. The van der Waals surface area contributed by atoms with E-state index in [1.807, 2.05) is 48.9 Å².